The summed E-state index contributed by atoms with van der Waals surface area (Å²) in [6.45, 7) is 2.44. The summed E-state index contributed by atoms with van der Waals surface area (Å²) in [5.74, 6) is 0.332. The van der Waals surface area contributed by atoms with E-state index in [0.717, 1.165) is 12.8 Å². The molecule has 0 unspecified atom stereocenters. The number of carbonyl (C=O) groups is 1. The van der Waals surface area contributed by atoms with Crippen molar-refractivity contribution >= 4 is 25.2 Å². The molecule has 4 nitrogen and oxygen atoms in total. The van der Waals surface area contributed by atoms with Gasteiger partial charge in [0.25, 0.3) is 0 Å². The topological polar surface area (TPSA) is 51.2 Å². The van der Waals surface area contributed by atoms with Gasteiger partial charge in [-0.3, -0.25) is 5.32 Å². The van der Waals surface area contributed by atoms with E-state index in [4.69, 9.17) is 12.6 Å². The van der Waals surface area contributed by atoms with Crippen LogP contribution in [0.5, 0.6) is 0 Å². The molecule has 15 heavy (non-hydrogen) atoms. The second-order valence-corrected chi connectivity index (χ2v) is 3.06. The predicted octanol–water partition coefficient (Wildman–Crippen LogP) is 1.22. The molecule has 78 valence electrons. The Labute approximate surface area is 90.5 Å². The van der Waals surface area contributed by atoms with E-state index >= 15 is 0 Å². The molecule has 1 aromatic rings. The largest absolute Gasteiger partial charge is 0.449 e. The minimum Gasteiger partial charge on any atom is -0.449 e. The number of ether oxygens (including phenoxy) is 1. The van der Waals surface area contributed by atoms with E-state index in [1.165, 1.54) is 0 Å². The Balaban J connectivity index is 2.41. The molecule has 0 aliphatic heterocycles. The number of hydrogen-bond donors (Lipinski definition) is 1. The molecule has 2 radical (unpaired) electrons. The summed E-state index contributed by atoms with van der Waals surface area (Å²) in [5, 5.41) is 2.47. The second kappa shape index (κ2) is 6.06. The van der Waals surface area contributed by atoms with Crippen molar-refractivity contribution in [3.05, 3.63) is 18.3 Å². The number of hydrogen-bond acceptors (Lipinski definition) is 3. The van der Waals surface area contributed by atoms with Gasteiger partial charge < -0.3 is 4.74 Å². The van der Waals surface area contributed by atoms with Crippen LogP contribution in [0, 0.1) is 0 Å². The maximum atomic E-state index is 11.2. The summed E-state index contributed by atoms with van der Waals surface area (Å²) < 4.78 is 4.90. The molecule has 0 bridgehead atoms. The van der Waals surface area contributed by atoms with Gasteiger partial charge in [-0.1, -0.05) is 24.9 Å². The van der Waals surface area contributed by atoms with Crippen molar-refractivity contribution in [3.63, 3.8) is 0 Å². The van der Waals surface area contributed by atoms with Gasteiger partial charge >= 0.3 is 6.09 Å². The molecule has 0 saturated heterocycles. The van der Waals surface area contributed by atoms with Gasteiger partial charge in [0.2, 0.25) is 0 Å². The first-order valence-electron chi connectivity index (χ1n) is 4.88. The number of aromatic nitrogens is 1. The summed E-state index contributed by atoms with van der Waals surface area (Å²) in [5.41, 5.74) is 0.421. The van der Waals surface area contributed by atoms with E-state index < -0.39 is 6.09 Å². The molecule has 0 fully saturated rings. The highest BCUT2D eigenvalue weighted by Crippen LogP contribution is 1.97. The number of nitrogens with one attached hydrogen (secondary N) is 1. The fraction of sp³-hybridized carbons (Fsp3) is 0.400. The van der Waals surface area contributed by atoms with Crippen LogP contribution in [0.25, 0.3) is 0 Å². The number of anilines is 1. The summed E-state index contributed by atoms with van der Waals surface area (Å²) in [4.78, 5) is 15.1. The Morgan fingerprint density at radius 2 is 2.47 bits per heavy atom. The lowest BCUT2D eigenvalue weighted by Crippen LogP contribution is -2.21. The maximum Gasteiger partial charge on any atom is 0.412 e. The lowest BCUT2D eigenvalue weighted by molar-refractivity contribution is 0.160. The summed E-state index contributed by atoms with van der Waals surface area (Å²) in [6, 6.07) is 3.36. The van der Waals surface area contributed by atoms with Crippen molar-refractivity contribution in [2.24, 2.45) is 0 Å². The van der Waals surface area contributed by atoms with Gasteiger partial charge in [-0.15, -0.1) is 0 Å². The maximum absolute atomic E-state index is 11.2. The van der Waals surface area contributed by atoms with Crippen LogP contribution in [-0.4, -0.2) is 25.5 Å². The van der Waals surface area contributed by atoms with Crippen LogP contribution in [-0.2, 0) is 4.74 Å². The molecule has 1 amide bonds. The molecular weight excluding hydrogens is 191 g/mol. The van der Waals surface area contributed by atoms with Crippen LogP contribution in [0.2, 0.25) is 0 Å². The normalized spacial score (nSPS) is 9.67. The number of rotatable bonds is 4. The van der Waals surface area contributed by atoms with Gasteiger partial charge in [-0.2, -0.15) is 0 Å². The first kappa shape index (κ1) is 11.6. The Morgan fingerprint density at radius 3 is 3.13 bits per heavy atom. The molecule has 1 heterocycles. The Bertz CT molecular complexity index is 331. The first-order chi connectivity index (χ1) is 7.24. The quantitative estimate of drug-likeness (QED) is 0.592. The Morgan fingerprint density at radius 1 is 1.67 bits per heavy atom. The summed E-state index contributed by atoms with van der Waals surface area (Å²) in [7, 11) is 5.59. The average Bonchev–Trinajstić information content (AvgIpc) is 2.22. The molecule has 1 rings (SSSR count). The monoisotopic (exact) mass is 204 g/mol. The lowest BCUT2D eigenvalue weighted by Gasteiger charge is -2.07. The fourth-order valence-electron chi connectivity index (χ4n) is 0.964. The first-order valence-corrected chi connectivity index (χ1v) is 4.88. The average molecular weight is 204 g/mol. The molecule has 0 spiro atoms. The van der Waals surface area contributed by atoms with Crippen molar-refractivity contribution in [1.29, 1.82) is 0 Å². The van der Waals surface area contributed by atoms with Crippen LogP contribution in [0.3, 0.4) is 0 Å². The highest BCUT2D eigenvalue weighted by atomic mass is 16.5. The van der Waals surface area contributed by atoms with Crippen LogP contribution >= 0.6 is 0 Å². The number of amides is 1. The van der Waals surface area contributed by atoms with E-state index in [9.17, 15) is 4.79 Å². The van der Waals surface area contributed by atoms with Gasteiger partial charge in [-0.25, -0.2) is 9.78 Å². The molecule has 0 atom stereocenters. The summed E-state index contributed by atoms with van der Waals surface area (Å²) in [6.07, 6.45) is 2.87. The van der Waals surface area contributed by atoms with Crippen molar-refractivity contribution < 1.29 is 9.53 Å². The molecule has 0 aliphatic rings. The molecule has 0 saturated carbocycles. The van der Waals surface area contributed by atoms with Crippen molar-refractivity contribution in [2.45, 2.75) is 19.8 Å². The standard InChI is InChI=1S/C10H13BN2O2/c1-2-3-7-15-10(14)13-9-8(11)5-4-6-12-9/h4-6H,2-3,7H2,1H3,(H,12,13,14). The molecule has 1 aromatic heterocycles. The molecule has 0 aromatic carbocycles. The zero-order valence-electron chi connectivity index (χ0n) is 8.69. The van der Waals surface area contributed by atoms with Crippen molar-refractivity contribution in [2.75, 3.05) is 11.9 Å². The SMILES string of the molecule is [B]c1cccnc1NC(=O)OCCCC. The van der Waals surface area contributed by atoms with Gasteiger partial charge in [0.1, 0.15) is 13.7 Å². The highest BCUT2D eigenvalue weighted by molar-refractivity contribution is 6.35. The smallest absolute Gasteiger partial charge is 0.412 e. The third-order valence-corrected chi connectivity index (χ3v) is 1.79. The molecule has 1 N–H and O–H groups in total. The number of pyridine rings is 1. The zero-order valence-corrected chi connectivity index (χ0v) is 8.69. The zero-order chi connectivity index (χ0) is 11.1. The predicted molar refractivity (Wildman–Crippen MR) is 59.5 cm³/mol. The van der Waals surface area contributed by atoms with E-state index in [1.807, 2.05) is 6.92 Å². The number of unbranched alkanes of at least 4 members (excludes halogenated alkanes) is 1. The van der Waals surface area contributed by atoms with Crippen molar-refractivity contribution in [3.8, 4) is 0 Å². The van der Waals surface area contributed by atoms with E-state index in [1.54, 1.807) is 18.3 Å². The molecule has 5 heteroatoms. The van der Waals surface area contributed by atoms with Gasteiger partial charge in [0.15, 0.2) is 0 Å². The third-order valence-electron chi connectivity index (χ3n) is 1.79. The van der Waals surface area contributed by atoms with Gasteiger partial charge in [-0.05, 0) is 12.5 Å². The second-order valence-electron chi connectivity index (χ2n) is 3.06. The van der Waals surface area contributed by atoms with Crippen LogP contribution in [0.1, 0.15) is 19.8 Å². The van der Waals surface area contributed by atoms with Gasteiger partial charge in [0, 0.05) is 6.20 Å². The van der Waals surface area contributed by atoms with Crippen molar-refractivity contribution in [1.82, 2.24) is 4.98 Å². The number of nitrogens with zero attached hydrogens (tertiary/aromatic N) is 1. The Kier molecular flexibility index (Phi) is 4.67. The van der Waals surface area contributed by atoms with Gasteiger partial charge in [0.05, 0.1) is 6.61 Å². The van der Waals surface area contributed by atoms with E-state index in [0.29, 0.717) is 17.9 Å². The molecular formula is C10H13BN2O2. The third kappa shape index (κ3) is 4.02. The summed E-state index contributed by atoms with van der Waals surface area (Å²) >= 11 is 0. The van der Waals surface area contributed by atoms with E-state index in [2.05, 4.69) is 10.3 Å². The fourth-order valence-corrected chi connectivity index (χ4v) is 0.964. The highest BCUT2D eigenvalue weighted by Gasteiger charge is 2.04. The number of carbonyl (C=O) groups excluding carboxylic acids is 1. The minimum absolute atomic E-state index is 0.332. The van der Waals surface area contributed by atoms with E-state index in [-0.39, 0.29) is 0 Å². The van der Waals surface area contributed by atoms with Crippen LogP contribution in [0.15, 0.2) is 18.3 Å². The van der Waals surface area contributed by atoms with Crippen LogP contribution < -0.4 is 10.8 Å². The molecule has 0 aliphatic carbocycles. The van der Waals surface area contributed by atoms with Crippen LogP contribution in [0.4, 0.5) is 10.6 Å². The Hall–Kier alpha value is -1.52. The lowest BCUT2D eigenvalue weighted by atomic mass is 9.97. The minimum atomic E-state index is -0.520.